The largest absolute Gasteiger partial charge is 0.338 e. The Morgan fingerprint density at radius 2 is 2.36 bits per heavy atom. The van der Waals surface area contributed by atoms with Gasteiger partial charge in [-0.05, 0) is 41.4 Å². The van der Waals surface area contributed by atoms with E-state index < -0.39 is 0 Å². The molecule has 0 radical (unpaired) electrons. The van der Waals surface area contributed by atoms with Gasteiger partial charge in [-0.1, -0.05) is 0 Å². The number of carbonyl (C=O) groups is 1. The van der Waals surface area contributed by atoms with Crippen molar-refractivity contribution in [2.24, 2.45) is 0 Å². The average Bonchev–Trinajstić information content (AvgIpc) is 2.87. The Kier molecular flexibility index (Phi) is 2.50. The maximum Gasteiger partial charge on any atom is 0.166 e. The Morgan fingerprint density at radius 3 is 3.00 bits per heavy atom. The predicted molar refractivity (Wildman–Crippen MR) is 58.0 cm³/mol. The molecular weight excluding hydrogens is 194 g/mol. The molecule has 2 rings (SSSR count). The second kappa shape index (κ2) is 3.80. The highest BCUT2D eigenvalue weighted by molar-refractivity contribution is 7.07. The van der Waals surface area contributed by atoms with E-state index >= 15 is 0 Å². The molecule has 0 aliphatic heterocycles. The standard InChI is InChI=1S/C11H11NOS/c1-9(10-4-6-14-8-10)12-5-2-3-11(12)7-13/h2-9H,1H3. The van der Waals surface area contributed by atoms with E-state index in [1.54, 1.807) is 11.3 Å². The van der Waals surface area contributed by atoms with Gasteiger partial charge >= 0.3 is 0 Å². The average molecular weight is 205 g/mol. The number of hydrogen-bond acceptors (Lipinski definition) is 2. The molecule has 0 spiro atoms. The molecule has 0 saturated heterocycles. The van der Waals surface area contributed by atoms with E-state index in [9.17, 15) is 4.79 Å². The lowest BCUT2D eigenvalue weighted by atomic mass is 10.2. The van der Waals surface area contributed by atoms with E-state index in [1.807, 2.05) is 22.9 Å². The fourth-order valence-corrected chi connectivity index (χ4v) is 2.28. The van der Waals surface area contributed by atoms with Crippen molar-refractivity contribution in [2.75, 3.05) is 0 Å². The molecular formula is C11H11NOS. The molecule has 1 unspecified atom stereocenters. The van der Waals surface area contributed by atoms with Gasteiger partial charge in [-0.25, -0.2) is 0 Å². The zero-order valence-electron chi connectivity index (χ0n) is 7.88. The van der Waals surface area contributed by atoms with E-state index in [1.165, 1.54) is 5.56 Å². The maximum atomic E-state index is 10.7. The SMILES string of the molecule is CC(c1ccsc1)n1cccc1C=O. The van der Waals surface area contributed by atoms with Crippen molar-refractivity contribution in [2.45, 2.75) is 13.0 Å². The molecule has 0 amide bonds. The van der Waals surface area contributed by atoms with E-state index in [0.717, 1.165) is 12.0 Å². The first-order valence-corrected chi connectivity index (χ1v) is 5.41. The van der Waals surface area contributed by atoms with Crippen LogP contribution in [0.5, 0.6) is 0 Å². The number of thiophene rings is 1. The van der Waals surface area contributed by atoms with Crippen LogP contribution in [0, 0.1) is 0 Å². The van der Waals surface area contributed by atoms with Crippen LogP contribution < -0.4 is 0 Å². The maximum absolute atomic E-state index is 10.7. The minimum atomic E-state index is 0.233. The minimum absolute atomic E-state index is 0.233. The summed E-state index contributed by atoms with van der Waals surface area (Å²) in [6.45, 7) is 2.09. The van der Waals surface area contributed by atoms with Crippen molar-refractivity contribution < 1.29 is 4.79 Å². The Labute approximate surface area is 86.8 Å². The second-order valence-electron chi connectivity index (χ2n) is 3.19. The highest BCUT2D eigenvalue weighted by atomic mass is 32.1. The highest BCUT2D eigenvalue weighted by Crippen LogP contribution is 2.21. The molecule has 0 N–H and O–H groups in total. The highest BCUT2D eigenvalue weighted by Gasteiger charge is 2.09. The molecule has 2 aromatic heterocycles. The van der Waals surface area contributed by atoms with Crippen LogP contribution in [0.1, 0.15) is 29.0 Å². The fraction of sp³-hybridized carbons (Fsp3) is 0.182. The van der Waals surface area contributed by atoms with Crippen LogP contribution in [0.15, 0.2) is 35.2 Å². The van der Waals surface area contributed by atoms with Crippen LogP contribution in [0.4, 0.5) is 0 Å². The predicted octanol–water partition coefficient (Wildman–Crippen LogP) is 2.97. The lowest BCUT2D eigenvalue weighted by Gasteiger charge is -2.13. The number of carbonyl (C=O) groups excluding carboxylic acids is 1. The van der Waals surface area contributed by atoms with E-state index in [-0.39, 0.29) is 6.04 Å². The summed E-state index contributed by atoms with van der Waals surface area (Å²) in [4.78, 5) is 10.7. The first-order chi connectivity index (χ1) is 6.83. The third-order valence-electron chi connectivity index (χ3n) is 2.38. The van der Waals surface area contributed by atoms with E-state index in [4.69, 9.17) is 0 Å². The second-order valence-corrected chi connectivity index (χ2v) is 3.97. The molecule has 1 atom stereocenters. The van der Waals surface area contributed by atoms with Crippen molar-refractivity contribution in [1.29, 1.82) is 0 Å². The normalized spacial score (nSPS) is 12.6. The summed E-state index contributed by atoms with van der Waals surface area (Å²) in [5.41, 5.74) is 1.97. The minimum Gasteiger partial charge on any atom is -0.338 e. The lowest BCUT2D eigenvalue weighted by Crippen LogP contribution is -2.07. The van der Waals surface area contributed by atoms with Crippen molar-refractivity contribution in [3.63, 3.8) is 0 Å². The number of rotatable bonds is 3. The van der Waals surface area contributed by atoms with Crippen molar-refractivity contribution >= 4 is 17.6 Å². The molecule has 72 valence electrons. The van der Waals surface area contributed by atoms with Gasteiger partial charge < -0.3 is 4.57 Å². The number of nitrogens with zero attached hydrogens (tertiary/aromatic N) is 1. The summed E-state index contributed by atoms with van der Waals surface area (Å²) in [6, 6.07) is 6.04. The van der Waals surface area contributed by atoms with Gasteiger partial charge in [0, 0.05) is 6.20 Å². The van der Waals surface area contributed by atoms with Gasteiger partial charge in [-0.15, -0.1) is 0 Å². The first kappa shape index (κ1) is 9.21. The van der Waals surface area contributed by atoms with Crippen molar-refractivity contribution in [1.82, 2.24) is 4.57 Å². The van der Waals surface area contributed by atoms with Gasteiger partial charge in [-0.2, -0.15) is 11.3 Å². The summed E-state index contributed by atoms with van der Waals surface area (Å²) in [5, 5.41) is 4.16. The molecule has 2 nitrogen and oxygen atoms in total. The third kappa shape index (κ3) is 1.51. The van der Waals surface area contributed by atoms with Crippen molar-refractivity contribution in [3.05, 3.63) is 46.4 Å². The number of aromatic nitrogens is 1. The van der Waals surface area contributed by atoms with Gasteiger partial charge in [-0.3, -0.25) is 4.79 Å². The van der Waals surface area contributed by atoms with Crippen LogP contribution >= 0.6 is 11.3 Å². The molecule has 0 aliphatic carbocycles. The molecule has 14 heavy (non-hydrogen) atoms. The smallest absolute Gasteiger partial charge is 0.166 e. The van der Waals surface area contributed by atoms with Crippen LogP contribution in [0.25, 0.3) is 0 Å². The zero-order chi connectivity index (χ0) is 9.97. The molecule has 0 fully saturated rings. The van der Waals surface area contributed by atoms with Crippen LogP contribution in [0.2, 0.25) is 0 Å². The van der Waals surface area contributed by atoms with E-state index in [2.05, 4.69) is 23.8 Å². The Bertz CT molecular complexity index is 416. The van der Waals surface area contributed by atoms with Gasteiger partial charge in [0.1, 0.15) is 0 Å². The van der Waals surface area contributed by atoms with Crippen LogP contribution in [0.3, 0.4) is 0 Å². The van der Waals surface area contributed by atoms with E-state index in [0.29, 0.717) is 0 Å². The molecule has 2 aromatic rings. The fourth-order valence-electron chi connectivity index (χ4n) is 1.53. The Balaban J connectivity index is 2.36. The van der Waals surface area contributed by atoms with Gasteiger partial charge in [0.2, 0.25) is 0 Å². The van der Waals surface area contributed by atoms with Crippen molar-refractivity contribution in [3.8, 4) is 0 Å². The molecule has 3 heteroatoms. The van der Waals surface area contributed by atoms with Crippen LogP contribution in [-0.2, 0) is 0 Å². The topological polar surface area (TPSA) is 22.0 Å². The Hall–Kier alpha value is -1.35. The molecule has 0 aromatic carbocycles. The molecule has 0 aliphatic rings. The Morgan fingerprint density at radius 1 is 1.50 bits per heavy atom. The molecule has 0 bridgehead atoms. The van der Waals surface area contributed by atoms with Crippen LogP contribution in [-0.4, -0.2) is 10.9 Å². The van der Waals surface area contributed by atoms with Gasteiger partial charge in [0.05, 0.1) is 11.7 Å². The number of aldehydes is 1. The lowest BCUT2D eigenvalue weighted by molar-refractivity contribution is 0.111. The van der Waals surface area contributed by atoms with Gasteiger partial charge in [0.15, 0.2) is 6.29 Å². The molecule has 2 heterocycles. The monoisotopic (exact) mass is 205 g/mol. The zero-order valence-corrected chi connectivity index (χ0v) is 8.70. The summed E-state index contributed by atoms with van der Waals surface area (Å²) in [5.74, 6) is 0. The quantitative estimate of drug-likeness (QED) is 0.706. The third-order valence-corrected chi connectivity index (χ3v) is 3.08. The summed E-state index contributed by atoms with van der Waals surface area (Å²) >= 11 is 1.68. The number of hydrogen-bond donors (Lipinski definition) is 0. The summed E-state index contributed by atoms with van der Waals surface area (Å²) in [6.07, 6.45) is 2.83. The molecule has 0 saturated carbocycles. The summed E-state index contributed by atoms with van der Waals surface area (Å²) in [7, 11) is 0. The summed E-state index contributed by atoms with van der Waals surface area (Å²) < 4.78 is 1.98. The first-order valence-electron chi connectivity index (χ1n) is 4.47. The van der Waals surface area contributed by atoms with Gasteiger partial charge in [0.25, 0.3) is 0 Å².